The van der Waals surface area contributed by atoms with Crippen LogP contribution in [0, 0.1) is 0 Å². The largest absolute Gasteiger partial charge is 0.351 e. The maximum absolute atomic E-state index is 12.4. The Hall–Kier alpha value is -3.34. The quantitative estimate of drug-likeness (QED) is 0.228. The zero-order valence-electron chi connectivity index (χ0n) is 18.5. The SMILES string of the molecule is O=C(CSc1nc2ccc(NC(=O)CSc3nc4ccccc4[nH]3)cc2s1)NCc1ccccc1. The standard InChI is InChI=1S/C25H21N5O2S3/c31-22(26-13-16-6-2-1-3-7-16)14-34-25-30-20-11-10-17(12-21(20)35-25)27-23(32)15-33-24-28-18-8-4-5-9-19(18)29-24/h1-12H,13-15H2,(H,26,31)(H,27,32)(H,28,29). The van der Waals surface area contributed by atoms with Crippen LogP contribution in [0.15, 0.2) is 82.3 Å². The van der Waals surface area contributed by atoms with Crippen molar-refractivity contribution < 1.29 is 9.59 Å². The molecule has 2 amide bonds. The van der Waals surface area contributed by atoms with Gasteiger partial charge in [0.25, 0.3) is 0 Å². The van der Waals surface area contributed by atoms with Crippen LogP contribution in [0.1, 0.15) is 5.56 Å². The Morgan fingerprint density at radius 1 is 0.857 bits per heavy atom. The van der Waals surface area contributed by atoms with Crippen molar-refractivity contribution in [2.24, 2.45) is 0 Å². The Labute approximate surface area is 214 Å². The Morgan fingerprint density at radius 3 is 2.51 bits per heavy atom. The van der Waals surface area contributed by atoms with Gasteiger partial charge < -0.3 is 15.6 Å². The lowest BCUT2D eigenvalue weighted by Gasteiger charge is -2.04. The zero-order chi connectivity index (χ0) is 24.0. The molecule has 0 aliphatic rings. The average molecular weight is 520 g/mol. The number of nitrogens with one attached hydrogen (secondary N) is 3. The molecular weight excluding hydrogens is 499 g/mol. The van der Waals surface area contributed by atoms with Crippen LogP contribution in [0.4, 0.5) is 5.69 Å². The van der Waals surface area contributed by atoms with Crippen LogP contribution < -0.4 is 10.6 Å². The molecule has 0 saturated carbocycles. The number of amides is 2. The Bertz CT molecular complexity index is 1450. The molecule has 2 aromatic heterocycles. The van der Waals surface area contributed by atoms with Gasteiger partial charge in [-0.2, -0.15) is 0 Å². The van der Waals surface area contributed by atoms with Crippen molar-refractivity contribution in [2.45, 2.75) is 16.0 Å². The molecule has 0 atom stereocenters. The highest BCUT2D eigenvalue weighted by atomic mass is 32.2. The minimum Gasteiger partial charge on any atom is -0.351 e. The van der Waals surface area contributed by atoms with Crippen molar-refractivity contribution in [3.05, 3.63) is 78.4 Å². The van der Waals surface area contributed by atoms with Gasteiger partial charge in [0.1, 0.15) is 0 Å². The predicted molar refractivity (Wildman–Crippen MR) is 144 cm³/mol. The summed E-state index contributed by atoms with van der Waals surface area (Å²) in [5.41, 5.74) is 4.46. The predicted octanol–water partition coefficient (Wildman–Crippen LogP) is 5.31. The first-order valence-corrected chi connectivity index (χ1v) is 13.6. The van der Waals surface area contributed by atoms with Crippen LogP contribution >= 0.6 is 34.9 Å². The summed E-state index contributed by atoms with van der Waals surface area (Å²) in [5.74, 6) is 0.409. The Morgan fingerprint density at radius 2 is 1.66 bits per heavy atom. The number of benzene rings is 3. The van der Waals surface area contributed by atoms with Crippen molar-refractivity contribution in [3.63, 3.8) is 0 Å². The number of aromatic amines is 1. The molecule has 0 spiro atoms. The van der Waals surface area contributed by atoms with E-state index in [0.29, 0.717) is 23.1 Å². The molecule has 10 heteroatoms. The lowest BCUT2D eigenvalue weighted by atomic mass is 10.2. The number of imidazole rings is 1. The van der Waals surface area contributed by atoms with E-state index in [1.54, 1.807) is 0 Å². The summed E-state index contributed by atoms with van der Waals surface area (Å²) >= 11 is 4.28. The summed E-state index contributed by atoms with van der Waals surface area (Å²) in [6, 6.07) is 23.2. The summed E-state index contributed by atoms with van der Waals surface area (Å²) in [7, 11) is 0. The van der Waals surface area contributed by atoms with Gasteiger partial charge in [-0.05, 0) is 35.9 Å². The van der Waals surface area contributed by atoms with Gasteiger partial charge in [-0.15, -0.1) is 11.3 Å². The third-order valence-corrected chi connectivity index (χ3v) is 8.05. The number of para-hydroxylation sites is 2. The van der Waals surface area contributed by atoms with E-state index < -0.39 is 0 Å². The molecule has 0 radical (unpaired) electrons. The molecule has 0 fully saturated rings. The second-order valence-electron chi connectivity index (χ2n) is 7.61. The summed E-state index contributed by atoms with van der Waals surface area (Å²) in [6.45, 7) is 0.512. The summed E-state index contributed by atoms with van der Waals surface area (Å²) < 4.78 is 1.78. The van der Waals surface area contributed by atoms with E-state index in [1.807, 2.05) is 72.8 Å². The van der Waals surface area contributed by atoms with Gasteiger partial charge in [0, 0.05) is 12.2 Å². The van der Waals surface area contributed by atoms with Crippen molar-refractivity contribution >= 4 is 73.6 Å². The third kappa shape index (κ3) is 6.21. The average Bonchev–Trinajstić information content (AvgIpc) is 3.48. The number of carbonyl (C=O) groups is 2. The number of aromatic nitrogens is 3. The van der Waals surface area contributed by atoms with E-state index in [-0.39, 0.29) is 17.6 Å². The molecule has 0 unspecified atom stereocenters. The number of thioether (sulfide) groups is 2. The lowest BCUT2D eigenvalue weighted by Crippen LogP contribution is -2.24. The molecule has 5 aromatic rings. The summed E-state index contributed by atoms with van der Waals surface area (Å²) in [4.78, 5) is 36.9. The number of nitrogens with zero attached hydrogens (tertiary/aromatic N) is 2. The number of fused-ring (bicyclic) bond motifs is 2. The third-order valence-electron chi connectivity index (χ3n) is 5.02. The molecule has 2 heterocycles. The summed E-state index contributed by atoms with van der Waals surface area (Å²) in [5, 5.41) is 6.58. The number of anilines is 1. The van der Waals surface area contributed by atoms with E-state index in [0.717, 1.165) is 31.2 Å². The number of rotatable bonds is 9. The number of hydrogen-bond acceptors (Lipinski definition) is 7. The fourth-order valence-corrected chi connectivity index (χ4v) is 5.97. The minimum atomic E-state index is -0.107. The number of hydrogen-bond donors (Lipinski definition) is 3. The smallest absolute Gasteiger partial charge is 0.234 e. The normalized spacial score (nSPS) is 11.1. The maximum atomic E-state index is 12.4. The zero-order valence-corrected chi connectivity index (χ0v) is 20.9. The topological polar surface area (TPSA) is 99.8 Å². The molecule has 0 bridgehead atoms. The number of carbonyl (C=O) groups excluding carboxylic acids is 2. The molecule has 7 nitrogen and oxygen atoms in total. The Kier molecular flexibility index (Phi) is 7.31. The first-order valence-electron chi connectivity index (χ1n) is 10.8. The molecule has 3 N–H and O–H groups in total. The van der Waals surface area contributed by atoms with Gasteiger partial charge in [0.2, 0.25) is 11.8 Å². The molecule has 0 aliphatic heterocycles. The molecule has 5 rings (SSSR count). The minimum absolute atomic E-state index is 0.0342. The molecular formula is C25H21N5O2S3. The first-order chi connectivity index (χ1) is 17.1. The van der Waals surface area contributed by atoms with Gasteiger partial charge in [-0.25, -0.2) is 9.97 Å². The van der Waals surface area contributed by atoms with Crippen molar-refractivity contribution in [3.8, 4) is 0 Å². The van der Waals surface area contributed by atoms with Crippen LogP contribution in [0.3, 0.4) is 0 Å². The highest BCUT2D eigenvalue weighted by Crippen LogP contribution is 2.31. The van der Waals surface area contributed by atoms with Crippen LogP contribution in [0.2, 0.25) is 0 Å². The Balaban J connectivity index is 1.12. The van der Waals surface area contributed by atoms with Crippen LogP contribution in [-0.2, 0) is 16.1 Å². The van der Waals surface area contributed by atoms with Gasteiger partial charge in [0.15, 0.2) is 9.50 Å². The molecule has 0 aliphatic carbocycles. The van der Waals surface area contributed by atoms with E-state index in [9.17, 15) is 9.59 Å². The van der Waals surface area contributed by atoms with Gasteiger partial charge >= 0.3 is 0 Å². The van der Waals surface area contributed by atoms with E-state index in [2.05, 4.69) is 25.6 Å². The molecule has 35 heavy (non-hydrogen) atoms. The number of H-pyrrole nitrogens is 1. The highest BCUT2D eigenvalue weighted by molar-refractivity contribution is 8.01. The van der Waals surface area contributed by atoms with Crippen LogP contribution in [0.25, 0.3) is 21.3 Å². The molecule has 176 valence electrons. The molecule has 0 saturated heterocycles. The monoisotopic (exact) mass is 519 g/mol. The maximum Gasteiger partial charge on any atom is 0.234 e. The van der Waals surface area contributed by atoms with Gasteiger partial charge in [-0.1, -0.05) is 66.0 Å². The second kappa shape index (κ2) is 10.9. The van der Waals surface area contributed by atoms with E-state index in [4.69, 9.17) is 0 Å². The van der Waals surface area contributed by atoms with Crippen molar-refractivity contribution in [1.82, 2.24) is 20.3 Å². The second-order valence-corrected chi connectivity index (χ2v) is 10.8. The van der Waals surface area contributed by atoms with Crippen LogP contribution in [-0.4, -0.2) is 38.3 Å². The van der Waals surface area contributed by atoms with Gasteiger partial charge in [-0.3, -0.25) is 9.59 Å². The van der Waals surface area contributed by atoms with E-state index in [1.165, 1.54) is 34.9 Å². The van der Waals surface area contributed by atoms with Crippen LogP contribution in [0.5, 0.6) is 0 Å². The van der Waals surface area contributed by atoms with Gasteiger partial charge in [0.05, 0.1) is 32.8 Å². The molecule has 3 aromatic carbocycles. The first kappa shape index (κ1) is 23.4. The number of thiazole rings is 1. The summed E-state index contributed by atoms with van der Waals surface area (Å²) in [6.07, 6.45) is 0. The highest BCUT2D eigenvalue weighted by Gasteiger charge is 2.11. The van der Waals surface area contributed by atoms with Crippen molar-refractivity contribution in [1.29, 1.82) is 0 Å². The fourth-order valence-electron chi connectivity index (χ4n) is 3.35. The fraction of sp³-hybridized carbons (Fsp3) is 0.120. The lowest BCUT2D eigenvalue weighted by molar-refractivity contribution is -0.118. The van der Waals surface area contributed by atoms with E-state index >= 15 is 0 Å². The van der Waals surface area contributed by atoms with Crippen molar-refractivity contribution in [2.75, 3.05) is 16.8 Å².